The molecule has 2 aromatic carbocycles. The van der Waals surface area contributed by atoms with Gasteiger partial charge in [-0.05, 0) is 68.8 Å². The zero-order chi connectivity index (χ0) is 19.9. The van der Waals surface area contributed by atoms with Crippen LogP contribution in [0.4, 0.5) is 22.7 Å². The van der Waals surface area contributed by atoms with Crippen molar-refractivity contribution in [3.05, 3.63) is 78.1 Å². The summed E-state index contributed by atoms with van der Waals surface area (Å²) in [5.41, 5.74) is 5.23. The van der Waals surface area contributed by atoms with Crippen LogP contribution in [-0.4, -0.2) is 24.0 Å². The first kappa shape index (κ1) is 19.4. The molecule has 2 N–H and O–H groups in total. The summed E-state index contributed by atoms with van der Waals surface area (Å²) >= 11 is 0. The van der Waals surface area contributed by atoms with Crippen LogP contribution in [0, 0.1) is 6.92 Å². The van der Waals surface area contributed by atoms with Gasteiger partial charge in [0.05, 0.1) is 0 Å². The molecule has 5 heteroatoms. The number of nitrogens with zero attached hydrogens (tertiary/aromatic N) is 2. The van der Waals surface area contributed by atoms with Crippen LogP contribution in [0.25, 0.3) is 0 Å². The van der Waals surface area contributed by atoms with Crippen molar-refractivity contribution in [3.8, 4) is 0 Å². The van der Waals surface area contributed by atoms with Crippen molar-refractivity contribution >= 4 is 28.7 Å². The normalized spacial score (nSPS) is 10.4. The van der Waals surface area contributed by atoms with Gasteiger partial charge in [0.15, 0.2) is 0 Å². The van der Waals surface area contributed by atoms with E-state index >= 15 is 0 Å². The summed E-state index contributed by atoms with van der Waals surface area (Å²) in [6.07, 6.45) is 1.64. The standard InChI is InChI=1S/C23H26N4O/c1-4-27(5-2)20-12-10-18(11-13-20)26-23(28)22-16-19(14-15-24-22)25-21-9-7-6-8-17(21)3/h6-16H,4-5H2,1-3H3,(H,24,25)(H,26,28). The lowest BCUT2D eigenvalue weighted by Crippen LogP contribution is -2.21. The van der Waals surface area contributed by atoms with Gasteiger partial charge >= 0.3 is 0 Å². The minimum Gasteiger partial charge on any atom is -0.372 e. The van der Waals surface area contributed by atoms with Crippen LogP contribution < -0.4 is 15.5 Å². The molecule has 3 aromatic rings. The monoisotopic (exact) mass is 374 g/mol. The second-order valence-corrected chi connectivity index (χ2v) is 6.54. The zero-order valence-corrected chi connectivity index (χ0v) is 16.6. The van der Waals surface area contributed by atoms with Crippen molar-refractivity contribution in [2.45, 2.75) is 20.8 Å². The summed E-state index contributed by atoms with van der Waals surface area (Å²) in [6, 6.07) is 19.5. The van der Waals surface area contributed by atoms with E-state index in [4.69, 9.17) is 0 Å². The van der Waals surface area contributed by atoms with E-state index in [-0.39, 0.29) is 5.91 Å². The maximum atomic E-state index is 12.6. The van der Waals surface area contributed by atoms with Crippen molar-refractivity contribution in [3.63, 3.8) is 0 Å². The average Bonchev–Trinajstić information content (AvgIpc) is 2.72. The molecule has 0 spiro atoms. The highest BCUT2D eigenvalue weighted by molar-refractivity contribution is 6.03. The molecule has 1 aromatic heterocycles. The number of para-hydroxylation sites is 1. The third-order valence-electron chi connectivity index (χ3n) is 4.67. The summed E-state index contributed by atoms with van der Waals surface area (Å²) in [7, 11) is 0. The molecule has 3 rings (SSSR count). The van der Waals surface area contributed by atoms with E-state index in [9.17, 15) is 4.79 Å². The van der Waals surface area contributed by atoms with Gasteiger partial charge in [-0.1, -0.05) is 18.2 Å². The maximum absolute atomic E-state index is 12.6. The van der Waals surface area contributed by atoms with Gasteiger partial charge < -0.3 is 15.5 Å². The molecule has 0 aliphatic carbocycles. The molecule has 0 aliphatic rings. The molecule has 0 fully saturated rings. The molecular formula is C23H26N4O. The first-order valence-electron chi connectivity index (χ1n) is 9.55. The fraction of sp³-hybridized carbons (Fsp3) is 0.217. The van der Waals surface area contributed by atoms with E-state index in [2.05, 4.69) is 34.4 Å². The van der Waals surface area contributed by atoms with Gasteiger partial charge in [0, 0.05) is 42.0 Å². The molecule has 0 saturated heterocycles. The number of pyridine rings is 1. The lowest BCUT2D eigenvalue weighted by molar-refractivity contribution is 0.102. The number of hydrogen-bond donors (Lipinski definition) is 2. The Morgan fingerprint density at radius 3 is 2.36 bits per heavy atom. The van der Waals surface area contributed by atoms with Gasteiger partial charge in [-0.3, -0.25) is 9.78 Å². The SMILES string of the molecule is CCN(CC)c1ccc(NC(=O)c2cc(Nc3ccccc3C)ccn2)cc1. The quantitative estimate of drug-likeness (QED) is 0.594. The third kappa shape index (κ3) is 4.68. The van der Waals surface area contributed by atoms with Gasteiger partial charge in [-0.2, -0.15) is 0 Å². The van der Waals surface area contributed by atoms with Crippen LogP contribution in [0.3, 0.4) is 0 Å². The van der Waals surface area contributed by atoms with Gasteiger partial charge in [0.2, 0.25) is 0 Å². The van der Waals surface area contributed by atoms with Crippen LogP contribution in [0.5, 0.6) is 0 Å². The van der Waals surface area contributed by atoms with Gasteiger partial charge in [-0.25, -0.2) is 0 Å². The number of aryl methyl sites for hydroxylation is 1. The van der Waals surface area contributed by atoms with Crippen LogP contribution >= 0.6 is 0 Å². The minimum atomic E-state index is -0.232. The summed E-state index contributed by atoms with van der Waals surface area (Å²) < 4.78 is 0. The van der Waals surface area contributed by atoms with E-state index in [1.165, 1.54) is 0 Å². The Morgan fingerprint density at radius 1 is 0.964 bits per heavy atom. The van der Waals surface area contributed by atoms with Crippen molar-refractivity contribution in [1.29, 1.82) is 0 Å². The average molecular weight is 374 g/mol. The van der Waals surface area contributed by atoms with Gasteiger partial charge in [-0.15, -0.1) is 0 Å². The highest BCUT2D eigenvalue weighted by Gasteiger charge is 2.10. The third-order valence-corrected chi connectivity index (χ3v) is 4.67. The fourth-order valence-corrected chi connectivity index (χ4v) is 3.04. The Morgan fingerprint density at radius 2 is 1.68 bits per heavy atom. The van der Waals surface area contributed by atoms with Crippen LogP contribution in [-0.2, 0) is 0 Å². The lowest BCUT2D eigenvalue weighted by Gasteiger charge is -2.21. The highest BCUT2D eigenvalue weighted by atomic mass is 16.1. The van der Waals surface area contributed by atoms with Crippen LogP contribution in [0.15, 0.2) is 66.9 Å². The topological polar surface area (TPSA) is 57.3 Å². The molecule has 28 heavy (non-hydrogen) atoms. The van der Waals surface area contributed by atoms with E-state index in [0.717, 1.165) is 41.4 Å². The summed E-state index contributed by atoms with van der Waals surface area (Å²) in [5, 5.41) is 6.25. The Hall–Kier alpha value is -3.34. The number of hydrogen-bond acceptors (Lipinski definition) is 4. The summed E-state index contributed by atoms with van der Waals surface area (Å²) in [4.78, 5) is 19.1. The van der Waals surface area contributed by atoms with E-state index in [0.29, 0.717) is 5.69 Å². The highest BCUT2D eigenvalue weighted by Crippen LogP contribution is 2.21. The number of aromatic nitrogens is 1. The smallest absolute Gasteiger partial charge is 0.274 e. The van der Waals surface area contributed by atoms with Crippen LogP contribution in [0.2, 0.25) is 0 Å². The minimum absolute atomic E-state index is 0.232. The number of benzene rings is 2. The Labute approximate surface area is 166 Å². The number of carbonyl (C=O) groups excluding carboxylic acids is 1. The molecule has 0 unspecified atom stereocenters. The largest absolute Gasteiger partial charge is 0.372 e. The number of nitrogens with one attached hydrogen (secondary N) is 2. The number of anilines is 4. The number of rotatable bonds is 7. The predicted molar refractivity (Wildman–Crippen MR) is 117 cm³/mol. The summed E-state index contributed by atoms with van der Waals surface area (Å²) in [6.45, 7) is 8.20. The maximum Gasteiger partial charge on any atom is 0.274 e. The van der Waals surface area contributed by atoms with Crippen molar-refractivity contribution in [2.24, 2.45) is 0 Å². The number of amides is 1. The second kappa shape index (κ2) is 9.04. The Balaban J connectivity index is 1.70. The molecule has 1 amide bonds. The van der Waals surface area contributed by atoms with Crippen molar-refractivity contribution < 1.29 is 4.79 Å². The van der Waals surface area contributed by atoms with Gasteiger partial charge in [0.1, 0.15) is 5.69 Å². The van der Waals surface area contributed by atoms with E-state index in [1.54, 1.807) is 12.3 Å². The molecule has 144 valence electrons. The summed E-state index contributed by atoms with van der Waals surface area (Å²) in [5.74, 6) is -0.232. The Bertz CT molecular complexity index is 933. The van der Waals surface area contributed by atoms with Crippen LogP contribution in [0.1, 0.15) is 29.9 Å². The van der Waals surface area contributed by atoms with Gasteiger partial charge in [0.25, 0.3) is 5.91 Å². The van der Waals surface area contributed by atoms with E-state index < -0.39 is 0 Å². The fourth-order valence-electron chi connectivity index (χ4n) is 3.04. The second-order valence-electron chi connectivity index (χ2n) is 6.54. The molecule has 0 bridgehead atoms. The molecule has 0 radical (unpaired) electrons. The first-order chi connectivity index (χ1) is 13.6. The molecular weight excluding hydrogens is 348 g/mol. The first-order valence-corrected chi connectivity index (χ1v) is 9.55. The molecule has 0 aliphatic heterocycles. The Kier molecular flexibility index (Phi) is 6.27. The molecule has 0 saturated carbocycles. The van der Waals surface area contributed by atoms with Crippen molar-refractivity contribution in [1.82, 2.24) is 4.98 Å². The number of carbonyl (C=O) groups is 1. The zero-order valence-electron chi connectivity index (χ0n) is 16.6. The molecule has 5 nitrogen and oxygen atoms in total. The predicted octanol–water partition coefficient (Wildman–Crippen LogP) is 5.23. The van der Waals surface area contributed by atoms with E-state index in [1.807, 2.05) is 61.5 Å². The molecule has 0 atom stereocenters. The lowest BCUT2D eigenvalue weighted by atomic mass is 10.2. The van der Waals surface area contributed by atoms with Crippen molar-refractivity contribution in [2.75, 3.05) is 28.6 Å². The molecule has 1 heterocycles.